The second kappa shape index (κ2) is 10.2. The van der Waals surface area contributed by atoms with E-state index in [0.29, 0.717) is 12.3 Å². The van der Waals surface area contributed by atoms with Crippen LogP contribution in [0.2, 0.25) is 0 Å². The Morgan fingerprint density at radius 2 is 1.97 bits per heavy atom. The van der Waals surface area contributed by atoms with Gasteiger partial charge in [0.15, 0.2) is 12.6 Å². The quantitative estimate of drug-likeness (QED) is 0.412. The van der Waals surface area contributed by atoms with Gasteiger partial charge in [-0.3, -0.25) is 4.79 Å². The van der Waals surface area contributed by atoms with Crippen LogP contribution in [0.15, 0.2) is 64.5 Å². The van der Waals surface area contributed by atoms with Crippen molar-refractivity contribution < 1.29 is 9.53 Å². The lowest BCUT2D eigenvalue weighted by molar-refractivity contribution is -0.119. The molecule has 1 fully saturated rings. The summed E-state index contributed by atoms with van der Waals surface area (Å²) in [5, 5.41) is 6.80. The summed E-state index contributed by atoms with van der Waals surface area (Å²) >= 11 is 1.94. The largest absolute Gasteiger partial charge is 0.484 e. The Morgan fingerprint density at radius 1 is 1.17 bits per heavy atom. The molecule has 2 aromatic carbocycles. The molecule has 0 heterocycles. The van der Waals surface area contributed by atoms with Crippen molar-refractivity contribution >= 4 is 23.6 Å². The summed E-state index contributed by atoms with van der Waals surface area (Å²) in [4.78, 5) is 16.9. The van der Waals surface area contributed by atoms with Crippen molar-refractivity contribution in [1.29, 1.82) is 0 Å². The normalized spacial score (nSPS) is 14.9. The molecule has 0 radical (unpaired) electrons. The zero-order chi connectivity index (χ0) is 20.5. The molecule has 1 aliphatic carbocycles. The molecule has 29 heavy (non-hydrogen) atoms. The zero-order valence-electron chi connectivity index (χ0n) is 16.7. The fourth-order valence-corrected chi connectivity index (χ4v) is 4.08. The van der Waals surface area contributed by atoms with Gasteiger partial charge in [0.2, 0.25) is 0 Å². The number of guanidine groups is 1. The van der Waals surface area contributed by atoms with Crippen LogP contribution in [0.1, 0.15) is 25.3 Å². The Balaban J connectivity index is 1.56. The van der Waals surface area contributed by atoms with Crippen LogP contribution < -0.4 is 21.1 Å². The van der Waals surface area contributed by atoms with E-state index in [9.17, 15) is 4.79 Å². The number of aliphatic imine (C=N–C) groups is 1. The highest BCUT2D eigenvalue weighted by Crippen LogP contribution is 2.51. The molecule has 0 aliphatic heterocycles. The second-order valence-corrected chi connectivity index (χ2v) is 8.59. The van der Waals surface area contributed by atoms with Crippen LogP contribution >= 0.6 is 11.8 Å². The van der Waals surface area contributed by atoms with Crippen molar-refractivity contribution in [1.82, 2.24) is 10.6 Å². The predicted molar refractivity (Wildman–Crippen MR) is 118 cm³/mol. The van der Waals surface area contributed by atoms with Gasteiger partial charge in [0.05, 0.1) is 6.54 Å². The van der Waals surface area contributed by atoms with Crippen LogP contribution in [0.5, 0.6) is 5.75 Å². The highest BCUT2D eigenvalue weighted by molar-refractivity contribution is 8.01. The Bertz CT molecular complexity index is 838. The highest BCUT2D eigenvalue weighted by Gasteiger charge is 2.43. The molecule has 0 unspecified atom stereocenters. The number of hydrogen-bond acceptors (Lipinski definition) is 4. The summed E-state index contributed by atoms with van der Waals surface area (Å²) in [5.74, 6) is 0.927. The van der Waals surface area contributed by atoms with Gasteiger partial charge in [-0.2, -0.15) is 0 Å². The molecular weight excluding hydrogens is 384 g/mol. The van der Waals surface area contributed by atoms with Crippen molar-refractivity contribution in [2.45, 2.75) is 36.0 Å². The Kier molecular flexibility index (Phi) is 7.41. The maximum Gasteiger partial charge on any atom is 0.255 e. The predicted octanol–water partition coefficient (Wildman–Crippen LogP) is 2.93. The minimum Gasteiger partial charge on any atom is -0.484 e. The van der Waals surface area contributed by atoms with Gasteiger partial charge in [0, 0.05) is 22.7 Å². The summed E-state index contributed by atoms with van der Waals surface area (Å²) in [6.07, 6.45) is 2.41. The van der Waals surface area contributed by atoms with Crippen molar-refractivity contribution in [2.75, 3.05) is 19.7 Å². The number of thioether (sulfide) groups is 1. The van der Waals surface area contributed by atoms with Crippen LogP contribution in [-0.4, -0.2) is 36.3 Å². The van der Waals surface area contributed by atoms with Crippen LogP contribution in [0.25, 0.3) is 0 Å². The van der Waals surface area contributed by atoms with Crippen LogP contribution in [0, 0.1) is 0 Å². The monoisotopic (exact) mass is 412 g/mol. The lowest BCUT2D eigenvalue weighted by Crippen LogP contribution is -2.41. The van der Waals surface area contributed by atoms with Crippen molar-refractivity contribution in [3.8, 4) is 5.75 Å². The van der Waals surface area contributed by atoms with Crippen molar-refractivity contribution in [3.63, 3.8) is 0 Å². The lowest BCUT2D eigenvalue weighted by Gasteiger charge is -2.18. The van der Waals surface area contributed by atoms with Gasteiger partial charge in [-0.25, -0.2) is 4.99 Å². The second-order valence-electron chi connectivity index (χ2n) is 7.05. The number of primary amides is 1. The first-order valence-electron chi connectivity index (χ1n) is 9.85. The molecule has 2 aromatic rings. The lowest BCUT2D eigenvalue weighted by atomic mass is 10.2. The molecule has 0 saturated heterocycles. The number of amides is 1. The molecule has 0 atom stereocenters. The standard InChI is InChI=1S/C22H28N4O2S/c1-2-24-21(25-14-17-7-6-8-18(13-17)28-15-20(23)27)26-16-22(11-12-22)29-19-9-4-3-5-10-19/h3-10,13H,2,11-12,14-16H2,1H3,(H2,23,27)(H2,24,25,26). The third-order valence-electron chi connectivity index (χ3n) is 4.51. The molecule has 0 aromatic heterocycles. The molecule has 154 valence electrons. The average Bonchev–Trinajstić information content (AvgIpc) is 3.49. The summed E-state index contributed by atoms with van der Waals surface area (Å²) < 4.78 is 5.61. The molecule has 1 saturated carbocycles. The van der Waals surface area contributed by atoms with E-state index in [4.69, 9.17) is 15.5 Å². The number of nitrogens with one attached hydrogen (secondary N) is 2. The Morgan fingerprint density at radius 3 is 2.66 bits per heavy atom. The number of nitrogens with two attached hydrogens (primary N) is 1. The maximum atomic E-state index is 10.9. The number of nitrogens with zero attached hydrogens (tertiary/aromatic N) is 1. The van der Waals surface area contributed by atoms with Crippen molar-refractivity contribution in [2.24, 2.45) is 10.7 Å². The van der Waals surface area contributed by atoms with Gasteiger partial charge in [0.25, 0.3) is 5.91 Å². The summed E-state index contributed by atoms with van der Waals surface area (Å²) in [6, 6.07) is 18.1. The maximum absolute atomic E-state index is 10.9. The summed E-state index contributed by atoms with van der Waals surface area (Å²) in [6.45, 7) is 4.12. The molecule has 0 spiro atoms. The van der Waals surface area contributed by atoms with E-state index in [0.717, 1.165) is 24.6 Å². The number of carbonyl (C=O) groups is 1. The zero-order valence-corrected chi connectivity index (χ0v) is 17.5. The van der Waals surface area contributed by atoms with Gasteiger partial charge in [-0.15, -0.1) is 11.8 Å². The van der Waals surface area contributed by atoms with Crippen molar-refractivity contribution in [3.05, 3.63) is 60.2 Å². The Labute approximate surface area is 176 Å². The molecule has 7 heteroatoms. The first-order chi connectivity index (χ1) is 14.1. The van der Waals surface area contributed by atoms with Gasteiger partial charge >= 0.3 is 0 Å². The third-order valence-corrected chi connectivity index (χ3v) is 6.00. The van der Waals surface area contributed by atoms with Gasteiger partial charge in [0.1, 0.15) is 5.75 Å². The molecular formula is C22H28N4O2S. The van der Waals surface area contributed by atoms with E-state index >= 15 is 0 Å². The molecule has 1 aliphatic rings. The van der Waals surface area contributed by atoms with E-state index in [-0.39, 0.29) is 11.4 Å². The van der Waals surface area contributed by atoms with Crippen LogP contribution in [-0.2, 0) is 11.3 Å². The molecule has 3 rings (SSSR count). The minimum atomic E-state index is -0.491. The van der Waals surface area contributed by atoms with E-state index in [1.807, 2.05) is 36.0 Å². The third kappa shape index (κ3) is 7.02. The number of ether oxygens (including phenoxy) is 1. The van der Waals surface area contributed by atoms with E-state index < -0.39 is 5.91 Å². The molecule has 0 bridgehead atoms. The number of rotatable bonds is 10. The van der Waals surface area contributed by atoms with Gasteiger partial charge < -0.3 is 21.1 Å². The van der Waals surface area contributed by atoms with E-state index in [2.05, 4.69) is 41.8 Å². The molecule has 6 nitrogen and oxygen atoms in total. The van der Waals surface area contributed by atoms with Crippen LogP contribution in [0.3, 0.4) is 0 Å². The number of carbonyl (C=O) groups excluding carboxylic acids is 1. The number of benzene rings is 2. The summed E-state index contributed by atoms with van der Waals surface area (Å²) in [7, 11) is 0. The van der Waals surface area contributed by atoms with Gasteiger partial charge in [-0.1, -0.05) is 30.3 Å². The van der Waals surface area contributed by atoms with E-state index in [1.54, 1.807) is 6.07 Å². The topological polar surface area (TPSA) is 88.7 Å². The molecule has 4 N–H and O–H groups in total. The van der Waals surface area contributed by atoms with Gasteiger partial charge in [-0.05, 0) is 49.6 Å². The van der Waals surface area contributed by atoms with Crippen LogP contribution in [0.4, 0.5) is 0 Å². The SMILES string of the molecule is CCNC(=NCc1cccc(OCC(N)=O)c1)NCC1(Sc2ccccc2)CC1. The average molecular weight is 413 g/mol. The Hall–Kier alpha value is -2.67. The highest BCUT2D eigenvalue weighted by atomic mass is 32.2. The smallest absolute Gasteiger partial charge is 0.255 e. The number of hydrogen-bond donors (Lipinski definition) is 3. The summed E-state index contributed by atoms with van der Waals surface area (Å²) in [5.41, 5.74) is 6.13. The fourth-order valence-electron chi connectivity index (χ4n) is 2.84. The van der Waals surface area contributed by atoms with E-state index in [1.165, 1.54) is 17.7 Å². The first kappa shape index (κ1) is 21.0. The minimum absolute atomic E-state index is 0.127. The first-order valence-corrected chi connectivity index (χ1v) is 10.7. The molecule has 1 amide bonds. The fraction of sp³-hybridized carbons (Fsp3) is 0.364.